The van der Waals surface area contributed by atoms with Crippen molar-refractivity contribution in [2.24, 2.45) is 0 Å². The van der Waals surface area contributed by atoms with E-state index in [1.807, 2.05) is 25.8 Å². The number of carbonyl (C=O) groups excluding carboxylic acids is 1. The molecule has 0 N–H and O–H groups in total. The van der Waals surface area contributed by atoms with Gasteiger partial charge in [0.2, 0.25) is 5.95 Å². The zero-order valence-electron chi connectivity index (χ0n) is 9.22. The van der Waals surface area contributed by atoms with E-state index in [4.69, 9.17) is 0 Å². The van der Waals surface area contributed by atoms with Crippen LogP contribution in [0.4, 0.5) is 5.95 Å². The Labute approximate surface area is 87.6 Å². The summed E-state index contributed by atoms with van der Waals surface area (Å²) < 4.78 is 1.66. The van der Waals surface area contributed by atoms with E-state index in [0.29, 0.717) is 5.95 Å². The Morgan fingerprint density at radius 1 is 1.47 bits per heavy atom. The van der Waals surface area contributed by atoms with E-state index in [-0.39, 0.29) is 11.8 Å². The Balaban J connectivity index is 2.59. The molecule has 0 unspecified atom stereocenters. The number of hydrogen-bond acceptors (Lipinski definition) is 5. The molecule has 0 amide bonds. The van der Waals surface area contributed by atoms with Gasteiger partial charge >= 0.3 is 0 Å². The molecule has 6 nitrogen and oxygen atoms in total. The van der Waals surface area contributed by atoms with Crippen LogP contribution in [0.15, 0.2) is 11.3 Å². The number of aromatic nitrogens is 4. The van der Waals surface area contributed by atoms with Crippen molar-refractivity contribution in [1.29, 1.82) is 0 Å². The minimum absolute atomic E-state index is 0.0630. The van der Waals surface area contributed by atoms with Gasteiger partial charge in [0.05, 0.1) is 6.04 Å². The lowest BCUT2D eigenvalue weighted by molar-refractivity contribution is -0.114. The van der Waals surface area contributed by atoms with Crippen LogP contribution in [0.5, 0.6) is 0 Å². The van der Waals surface area contributed by atoms with Gasteiger partial charge in [-0.1, -0.05) is 5.10 Å². The number of hydrogen-bond donors (Lipinski definition) is 0. The van der Waals surface area contributed by atoms with Gasteiger partial charge in [0.25, 0.3) is 0 Å². The molecule has 0 fully saturated rings. The van der Waals surface area contributed by atoms with E-state index in [2.05, 4.69) is 15.5 Å². The van der Waals surface area contributed by atoms with E-state index in [9.17, 15) is 4.79 Å². The van der Waals surface area contributed by atoms with Crippen molar-refractivity contribution >= 4 is 11.7 Å². The molecule has 0 aliphatic carbocycles. The van der Waals surface area contributed by atoms with Gasteiger partial charge in [-0.3, -0.25) is 4.79 Å². The van der Waals surface area contributed by atoms with Crippen LogP contribution in [0.1, 0.15) is 26.8 Å². The summed E-state index contributed by atoms with van der Waals surface area (Å²) in [5.41, 5.74) is 1.68. The summed E-state index contributed by atoms with van der Waals surface area (Å²) in [6, 6.07) is -0.0938. The molecule has 1 aliphatic rings. The number of anilines is 1. The molecule has 0 radical (unpaired) electrons. The van der Waals surface area contributed by atoms with E-state index in [1.54, 1.807) is 11.6 Å². The molecule has 2 rings (SSSR count). The molecule has 1 atom stereocenters. The normalized spacial score (nSPS) is 20.5. The zero-order valence-corrected chi connectivity index (χ0v) is 9.22. The Kier molecular flexibility index (Phi) is 2.06. The first-order valence-corrected chi connectivity index (χ1v) is 4.77. The third kappa shape index (κ3) is 1.25. The largest absolute Gasteiger partial charge is 0.316 e. The van der Waals surface area contributed by atoms with Gasteiger partial charge in [0.1, 0.15) is 0 Å². The minimum atomic E-state index is -0.0938. The molecule has 15 heavy (non-hydrogen) atoms. The Bertz CT molecular complexity index is 447. The van der Waals surface area contributed by atoms with Crippen LogP contribution < -0.4 is 4.90 Å². The molecule has 1 aromatic heterocycles. The maximum atomic E-state index is 11.5. The number of rotatable bonds is 1. The number of Topliss-reactive ketones (excluding diaryl/α,β-unsaturated/α-hetero) is 1. The van der Waals surface area contributed by atoms with Crippen LogP contribution in [0.25, 0.3) is 0 Å². The average Bonchev–Trinajstić information content (AvgIpc) is 2.62. The highest BCUT2D eigenvalue weighted by Gasteiger charge is 2.30. The number of carbonyl (C=O) groups is 1. The van der Waals surface area contributed by atoms with Crippen molar-refractivity contribution in [3.63, 3.8) is 0 Å². The molecule has 2 heterocycles. The highest BCUT2D eigenvalue weighted by Crippen LogP contribution is 2.31. The topological polar surface area (TPSA) is 63.9 Å². The fourth-order valence-electron chi connectivity index (χ4n) is 1.96. The van der Waals surface area contributed by atoms with Crippen molar-refractivity contribution in [1.82, 2.24) is 20.2 Å². The van der Waals surface area contributed by atoms with Gasteiger partial charge in [-0.25, -0.2) is 4.68 Å². The standard InChI is InChI=1S/C9H13N5O/c1-5-8(7(3)15)6(2)14-9(13(5)4)10-11-12-14/h6H,1-4H3/t6-/m1/s1. The average molecular weight is 207 g/mol. The summed E-state index contributed by atoms with van der Waals surface area (Å²) in [5, 5.41) is 11.4. The first-order chi connectivity index (χ1) is 7.04. The summed E-state index contributed by atoms with van der Waals surface area (Å²) >= 11 is 0. The van der Waals surface area contributed by atoms with Gasteiger partial charge in [-0.15, -0.1) is 0 Å². The summed E-state index contributed by atoms with van der Waals surface area (Å²) in [5.74, 6) is 0.734. The van der Waals surface area contributed by atoms with Crippen molar-refractivity contribution in [3.05, 3.63) is 11.3 Å². The predicted octanol–water partition coefficient (Wildman–Crippen LogP) is 0.547. The third-order valence-corrected chi connectivity index (χ3v) is 2.83. The number of ketones is 1. The molecule has 0 bridgehead atoms. The van der Waals surface area contributed by atoms with E-state index in [1.165, 1.54) is 0 Å². The molecule has 1 aromatic rings. The Hall–Kier alpha value is -1.72. The van der Waals surface area contributed by atoms with E-state index in [0.717, 1.165) is 11.3 Å². The molecule has 0 saturated heterocycles. The van der Waals surface area contributed by atoms with Crippen LogP contribution in [0.3, 0.4) is 0 Å². The van der Waals surface area contributed by atoms with E-state index < -0.39 is 0 Å². The molecule has 0 aromatic carbocycles. The predicted molar refractivity (Wildman–Crippen MR) is 54.3 cm³/mol. The van der Waals surface area contributed by atoms with Crippen LogP contribution in [0, 0.1) is 0 Å². The SMILES string of the molecule is CC(=O)C1=C(C)N(C)c2nnnn2[C@@H]1C. The Morgan fingerprint density at radius 3 is 2.73 bits per heavy atom. The zero-order chi connectivity index (χ0) is 11.2. The first-order valence-electron chi connectivity index (χ1n) is 4.77. The Morgan fingerprint density at radius 2 is 2.13 bits per heavy atom. The summed E-state index contributed by atoms with van der Waals surface area (Å²) in [4.78, 5) is 13.4. The summed E-state index contributed by atoms with van der Waals surface area (Å²) in [7, 11) is 1.85. The number of fused-ring (bicyclic) bond motifs is 1. The lowest BCUT2D eigenvalue weighted by Gasteiger charge is -2.30. The molecular formula is C9H13N5O. The molecule has 1 aliphatic heterocycles. The lowest BCUT2D eigenvalue weighted by atomic mass is 10.0. The van der Waals surface area contributed by atoms with Gasteiger partial charge in [0.15, 0.2) is 5.78 Å². The maximum absolute atomic E-state index is 11.5. The highest BCUT2D eigenvalue weighted by atomic mass is 16.1. The monoisotopic (exact) mass is 207 g/mol. The molecule has 6 heteroatoms. The van der Waals surface area contributed by atoms with E-state index >= 15 is 0 Å². The van der Waals surface area contributed by atoms with Crippen molar-refractivity contribution in [3.8, 4) is 0 Å². The minimum Gasteiger partial charge on any atom is -0.316 e. The lowest BCUT2D eigenvalue weighted by Crippen LogP contribution is -2.31. The van der Waals surface area contributed by atoms with Crippen LogP contribution in [-0.2, 0) is 4.79 Å². The smallest absolute Gasteiger partial charge is 0.250 e. The van der Waals surface area contributed by atoms with Gasteiger partial charge in [0, 0.05) is 18.3 Å². The first kappa shape index (κ1) is 9.82. The van der Waals surface area contributed by atoms with Gasteiger partial charge < -0.3 is 4.90 Å². The van der Waals surface area contributed by atoms with Crippen molar-refractivity contribution in [2.45, 2.75) is 26.8 Å². The summed E-state index contributed by atoms with van der Waals surface area (Å²) in [6.07, 6.45) is 0. The summed E-state index contributed by atoms with van der Waals surface area (Å²) in [6.45, 7) is 5.40. The number of allylic oxidation sites excluding steroid dienone is 2. The van der Waals surface area contributed by atoms with Crippen molar-refractivity contribution < 1.29 is 4.79 Å². The number of nitrogens with zero attached hydrogens (tertiary/aromatic N) is 5. The number of tetrazole rings is 1. The molecule has 0 saturated carbocycles. The molecule has 80 valence electrons. The van der Waals surface area contributed by atoms with Gasteiger partial charge in [-0.2, -0.15) is 0 Å². The maximum Gasteiger partial charge on any atom is 0.250 e. The fourth-order valence-corrected chi connectivity index (χ4v) is 1.96. The van der Waals surface area contributed by atoms with Crippen LogP contribution >= 0.6 is 0 Å². The second-order valence-corrected chi connectivity index (χ2v) is 3.71. The van der Waals surface area contributed by atoms with Crippen LogP contribution in [0.2, 0.25) is 0 Å². The van der Waals surface area contributed by atoms with Crippen LogP contribution in [-0.4, -0.2) is 33.0 Å². The third-order valence-electron chi connectivity index (χ3n) is 2.83. The fraction of sp³-hybridized carbons (Fsp3) is 0.556. The second-order valence-electron chi connectivity index (χ2n) is 3.71. The molecule has 0 spiro atoms. The quantitative estimate of drug-likeness (QED) is 0.672. The second kappa shape index (κ2) is 3.15. The van der Waals surface area contributed by atoms with Crippen molar-refractivity contribution in [2.75, 3.05) is 11.9 Å². The highest BCUT2D eigenvalue weighted by molar-refractivity contribution is 5.95. The molecular weight excluding hydrogens is 194 g/mol. The van der Waals surface area contributed by atoms with Gasteiger partial charge in [-0.05, 0) is 31.2 Å².